The molecule has 0 radical (unpaired) electrons. The minimum atomic E-state index is -4.43. The van der Waals surface area contributed by atoms with Gasteiger partial charge in [-0.05, 0) is 42.3 Å². The van der Waals surface area contributed by atoms with E-state index in [-0.39, 0.29) is 5.56 Å². The van der Waals surface area contributed by atoms with Crippen LogP contribution in [0.3, 0.4) is 0 Å². The Hall–Kier alpha value is -1.33. The van der Waals surface area contributed by atoms with Crippen LogP contribution in [0.15, 0.2) is 53.0 Å². The largest absolute Gasteiger partial charge is 0.416 e. The Morgan fingerprint density at radius 2 is 1.40 bits per heavy atom. The van der Waals surface area contributed by atoms with Crippen molar-refractivity contribution in [2.45, 2.75) is 18.7 Å². The zero-order valence-corrected chi connectivity index (χ0v) is 12.2. The molecule has 2 aromatic carbocycles. The molecule has 1 N–H and O–H groups in total. The first-order valence-corrected chi connectivity index (χ1v) is 6.67. The van der Waals surface area contributed by atoms with Gasteiger partial charge in [-0.1, -0.05) is 40.2 Å². The van der Waals surface area contributed by atoms with Crippen LogP contribution in [0, 0.1) is 0 Å². The van der Waals surface area contributed by atoms with Crippen molar-refractivity contribution in [2.24, 2.45) is 0 Å². The molecule has 2 rings (SSSR count). The summed E-state index contributed by atoms with van der Waals surface area (Å²) in [6.07, 6.45) is -4.43. The number of rotatable bonds is 2. The topological polar surface area (TPSA) is 20.2 Å². The Labute approximate surface area is 123 Å². The highest BCUT2D eigenvalue weighted by Gasteiger charge is 2.33. The van der Waals surface area contributed by atoms with Crippen molar-refractivity contribution >= 4 is 15.9 Å². The van der Waals surface area contributed by atoms with Gasteiger partial charge in [-0.15, -0.1) is 0 Å². The Kier molecular flexibility index (Phi) is 3.93. The average molecular weight is 345 g/mol. The molecule has 0 saturated heterocycles. The molecule has 0 aliphatic heterocycles. The third-order valence-electron chi connectivity index (χ3n) is 3.14. The van der Waals surface area contributed by atoms with Crippen LogP contribution >= 0.6 is 15.9 Å². The van der Waals surface area contributed by atoms with Gasteiger partial charge in [-0.2, -0.15) is 13.2 Å². The van der Waals surface area contributed by atoms with Crippen molar-refractivity contribution in [3.63, 3.8) is 0 Å². The van der Waals surface area contributed by atoms with Gasteiger partial charge in [0.15, 0.2) is 0 Å². The van der Waals surface area contributed by atoms with E-state index in [0.29, 0.717) is 5.56 Å². The van der Waals surface area contributed by atoms with Gasteiger partial charge in [0.2, 0.25) is 0 Å². The van der Waals surface area contributed by atoms with Gasteiger partial charge >= 0.3 is 6.18 Å². The summed E-state index contributed by atoms with van der Waals surface area (Å²) in [7, 11) is 0. The molecule has 0 aliphatic carbocycles. The molecule has 0 bridgehead atoms. The standard InChI is InChI=1S/C15H12BrF3O/c1-14(20,11-5-3-7-13(16)9-11)10-4-2-6-12(8-10)15(17,18)19/h2-9,20H,1H3. The van der Waals surface area contributed by atoms with Crippen LogP contribution < -0.4 is 0 Å². The Bertz CT molecular complexity index is 621. The highest BCUT2D eigenvalue weighted by molar-refractivity contribution is 9.10. The second kappa shape index (κ2) is 5.22. The first-order valence-electron chi connectivity index (χ1n) is 5.87. The van der Waals surface area contributed by atoms with Gasteiger partial charge < -0.3 is 5.11 Å². The van der Waals surface area contributed by atoms with E-state index in [1.54, 1.807) is 24.3 Å². The second-order valence-corrected chi connectivity index (χ2v) is 5.58. The van der Waals surface area contributed by atoms with Crippen LogP contribution in [0.2, 0.25) is 0 Å². The molecule has 106 valence electrons. The summed E-state index contributed by atoms with van der Waals surface area (Å²) in [4.78, 5) is 0. The Morgan fingerprint density at radius 3 is 1.95 bits per heavy atom. The van der Waals surface area contributed by atoms with E-state index in [0.717, 1.165) is 16.6 Å². The van der Waals surface area contributed by atoms with Crippen molar-refractivity contribution in [3.05, 3.63) is 69.7 Å². The van der Waals surface area contributed by atoms with Gasteiger partial charge in [0.1, 0.15) is 5.60 Å². The summed E-state index contributed by atoms with van der Waals surface area (Å²) < 4.78 is 39.0. The summed E-state index contributed by atoms with van der Waals surface area (Å²) in [5, 5.41) is 10.6. The van der Waals surface area contributed by atoms with E-state index in [1.165, 1.54) is 19.1 Å². The van der Waals surface area contributed by atoms with Gasteiger partial charge in [0, 0.05) is 4.47 Å². The third kappa shape index (κ3) is 3.04. The van der Waals surface area contributed by atoms with Crippen LogP contribution in [-0.4, -0.2) is 5.11 Å². The SMILES string of the molecule is CC(O)(c1cccc(Br)c1)c1cccc(C(F)(F)F)c1. The minimum Gasteiger partial charge on any atom is -0.381 e. The molecule has 0 amide bonds. The van der Waals surface area contributed by atoms with Crippen molar-refractivity contribution in [3.8, 4) is 0 Å². The molecule has 0 heterocycles. The number of benzene rings is 2. The smallest absolute Gasteiger partial charge is 0.381 e. The normalized spacial score (nSPS) is 14.9. The quantitative estimate of drug-likeness (QED) is 0.835. The van der Waals surface area contributed by atoms with Gasteiger partial charge in [-0.25, -0.2) is 0 Å². The number of hydrogen-bond donors (Lipinski definition) is 1. The highest BCUT2D eigenvalue weighted by Crippen LogP contribution is 2.35. The average Bonchev–Trinajstić information content (AvgIpc) is 2.38. The van der Waals surface area contributed by atoms with Gasteiger partial charge in [0.25, 0.3) is 0 Å². The van der Waals surface area contributed by atoms with E-state index in [4.69, 9.17) is 0 Å². The summed E-state index contributed by atoms with van der Waals surface area (Å²) in [6.45, 7) is 1.48. The summed E-state index contributed by atoms with van der Waals surface area (Å²) in [5.41, 5.74) is -1.55. The first kappa shape index (κ1) is 15.1. The molecule has 0 aromatic heterocycles. The summed E-state index contributed by atoms with van der Waals surface area (Å²) >= 11 is 3.28. The molecule has 1 unspecified atom stereocenters. The monoisotopic (exact) mass is 344 g/mol. The maximum Gasteiger partial charge on any atom is 0.416 e. The van der Waals surface area contributed by atoms with Crippen LogP contribution in [0.1, 0.15) is 23.6 Å². The molecule has 0 spiro atoms. The lowest BCUT2D eigenvalue weighted by molar-refractivity contribution is -0.137. The molecule has 1 atom stereocenters. The van der Waals surface area contributed by atoms with E-state index in [2.05, 4.69) is 15.9 Å². The molecule has 0 saturated carbocycles. The maximum atomic E-state index is 12.7. The van der Waals surface area contributed by atoms with E-state index in [9.17, 15) is 18.3 Å². The fourth-order valence-electron chi connectivity index (χ4n) is 1.96. The lowest BCUT2D eigenvalue weighted by atomic mass is 9.87. The molecule has 5 heteroatoms. The number of hydrogen-bond acceptors (Lipinski definition) is 1. The fraction of sp³-hybridized carbons (Fsp3) is 0.200. The summed E-state index contributed by atoms with van der Waals surface area (Å²) in [5.74, 6) is 0. The zero-order chi connectivity index (χ0) is 15.0. The Balaban J connectivity index is 2.49. The molecule has 0 aliphatic rings. The van der Waals surface area contributed by atoms with Gasteiger partial charge in [-0.3, -0.25) is 0 Å². The zero-order valence-electron chi connectivity index (χ0n) is 10.6. The van der Waals surface area contributed by atoms with E-state index >= 15 is 0 Å². The lowest BCUT2D eigenvalue weighted by Gasteiger charge is -2.25. The number of aliphatic hydroxyl groups is 1. The van der Waals surface area contributed by atoms with Crippen molar-refractivity contribution < 1.29 is 18.3 Å². The number of halogens is 4. The number of alkyl halides is 3. The fourth-order valence-corrected chi connectivity index (χ4v) is 2.36. The van der Waals surface area contributed by atoms with Crippen LogP contribution in [0.25, 0.3) is 0 Å². The van der Waals surface area contributed by atoms with Gasteiger partial charge in [0.05, 0.1) is 5.56 Å². The predicted octanol–water partition coefficient (Wildman–Crippen LogP) is 4.72. The molecule has 1 nitrogen and oxygen atoms in total. The highest BCUT2D eigenvalue weighted by atomic mass is 79.9. The Morgan fingerprint density at radius 1 is 0.900 bits per heavy atom. The molecular weight excluding hydrogens is 333 g/mol. The predicted molar refractivity (Wildman–Crippen MR) is 74.3 cm³/mol. The molecule has 20 heavy (non-hydrogen) atoms. The molecule has 0 fully saturated rings. The van der Waals surface area contributed by atoms with E-state index in [1.807, 2.05) is 0 Å². The molecular formula is C15H12BrF3O. The second-order valence-electron chi connectivity index (χ2n) is 4.66. The minimum absolute atomic E-state index is 0.199. The van der Waals surface area contributed by atoms with Crippen LogP contribution in [0.4, 0.5) is 13.2 Å². The summed E-state index contributed by atoms with van der Waals surface area (Å²) in [6, 6.07) is 11.6. The van der Waals surface area contributed by atoms with Crippen LogP contribution in [0.5, 0.6) is 0 Å². The third-order valence-corrected chi connectivity index (χ3v) is 3.63. The van der Waals surface area contributed by atoms with Crippen molar-refractivity contribution in [1.29, 1.82) is 0 Å². The van der Waals surface area contributed by atoms with Crippen molar-refractivity contribution in [2.75, 3.05) is 0 Å². The first-order chi connectivity index (χ1) is 9.21. The molecule has 2 aromatic rings. The lowest BCUT2D eigenvalue weighted by Crippen LogP contribution is -2.23. The van der Waals surface area contributed by atoms with E-state index < -0.39 is 17.3 Å². The van der Waals surface area contributed by atoms with Crippen molar-refractivity contribution in [1.82, 2.24) is 0 Å². The maximum absolute atomic E-state index is 12.7. The van der Waals surface area contributed by atoms with Crippen LogP contribution in [-0.2, 0) is 11.8 Å².